The van der Waals surface area contributed by atoms with Crippen molar-refractivity contribution in [3.05, 3.63) is 35.9 Å². The van der Waals surface area contributed by atoms with Crippen LogP contribution in [0.2, 0.25) is 0 Å². The number of hydrogen-bond acceptors (Lipinski definition) is 3. The van der Waals surface area contributed by atoms with E-state index in [1.807, 2.05) is 30.3 Å². The van der Waals surface area contributed by atoms with Crippen LogP contribution in [-0.2, 0) is 16.4 Å². The quantitative estimate of drug-likeness (QED) is 0.234. The van der Waals surface area contributed by atoms with Gasteiger partial charge in [0.25, 0.3) is 0 Å². The number of nitrogens with one attached hydrogen (secondary N) is 1. The third-order valence-electron chi connectivity index (χ3n) is 1.18. The van der Waals surface area contributed by atoms with Gasteiger partial charge in [0.05, 0.1) is 0 Å². The minimum absolute atomic E-state index is 0.371. The summed E-state index contributed by atoms with van der Waals surface area (Å²) in [5.74, 6) is 0. The van der Waals surface area contributed by atoms with E-state index in [-0.39, 0.29) is 0 Å². The van der Waals surface area contributed by atoms with Crippen LogP contribution in [0.5, 0.6) is 0 Å². The van der Waals surface area contributed by atoms with Gasteiger partial charge in [0, 0.05) is 0 Å². The van der Waals surface area contributed by atoms with Crippen LogP contribution >= 0.6 is 0 Å². The molecule has 0 aliphatic heterocycles. The van der Waals surface area contributed by atoms with Crippen molar-refractivity contribution in [2.24, 2.45) is 0 Å². The average molecular weight is 151 g/mol. The first-order valence-corrected chi connectivity index (χ1v) is 3.24. The van der Waals surface area contributed by atoms with Gasteiger partial charge < -0.3 is 4.89 Å². The van der Waals surface area contributed by atoms with Gasteiger partial charge in [0.2, 0.25) is 6.40 Å². The van der Waals surface area contributed by atoms with Crippen LogP contribution in [0.25, 0.3) is 0 Å². The van der Waals surface area contributed by atoms with Crippen molar-refractivity contribution in [1.82, 2.24) is 0 Å². The molecular formula is C8H9NO2. The summed E-state index contributed by atoms with van der Waals surface area (Å²) in [5.41, 5.74) is 1.02. The third-order valence-corrected chi connectivity index (χ3v) is 1.18. The fourth-order valence-electron chi connectivity index (χ4n) is 0.710. The van der Waals surface area contributed by atoms with E-state index in [0.717, 1.165) is 12.0 Å². The summed E-state index contributed by atoms with van der Waals surface area (Å²) in [6.45, 7) is 0.371. The Morgan fingerprint density at radius 3 is 2.64 bits per heavy atom. The van der Waals surface area contributed by atoms with Gasteiger partial charge in [-0.3, -0.25) is 5.41 Å². The fourth-order valence-corrected chi connectivity index (χ4v) is 0.710. The highest BCUT2D eigenvalue weighted by Crippen LogP contribution is 1.99. The summed E-state index contributed by atoms with van der Waals surface area (Å²) in [6, 6.07) is 9.62. The Hall–Kier alpha value is -1.35. The molecule has 0 radical (unpaired) electrons. The molecule has 58 valence electrons. The van der Waals surface area contributed by atoms with E-state index >= 15 is 0 Å². The molecule has 0 saturated heterocycles. The lowest BCUT2D eigenvalue weighted by atomic mass is 10.2. The molecule has 1 rings (SSSR count). The number of benzene rings is 1. The van der Waals surface area contributed by atoms with Gasteiger partial charge in [-0.25, -0.2) is 0 Å². The lowest BCUT2D eigenvalue weighted by Crippen LogP contribution is -1.91. The standard InChI is InChI=1S/C8H9NO2/c9-7-11-10-6-8-4-2-1-3-5-8/h1-5,7,9H,6H2. The van der Waals surface area contributed by atoms with Crippen molar-refractivity contribution in [2.75, 3.05) is 0 Å². The number of rotatable bonds is 4. The molecule has 3 heteroatoms. The Balaban J connectivity index is 2.33. The molecule has 0 spiro atoms. The highest BCUT2D eigenvalue weighted by molar-refractivity contribution is 5.39. The fraction of sp³-hybridized carbons (Fsp3) is 0.125. The van der Waals surface area contributed by atoms with Crippen molar-refractivity contribution in [2.45, 2.75) is 6.61 Å². The van der Waals surface area contributed by atoms with Crippen LogP contribution in [0, 0.1) is 5.41 Å². The van der Waals surface area contributed by atoms with Gasteiger partial charge in [0.1, 0.15) is 6.61 Å². The second-order valence-electron chi connectivity index (χ2n) is 1.96. The van der Waals surface area contributed by atoms with E-state index in [4.69, 9.17) is 5.41 Å². The summed E-state index contributed by atoms with van der Waals surface area (Å²) < 4.78 is 0. The van der Waals surface area contributed by atoms with Gasteiger partial charge >= 0.3 is 0 Å². The minimum atomic E-state index is 0.371. The molecule has 0 amide bonds. The average Bonchev–Trinajstić information content (AvgIpc) is 2.07. The molecule has 0 fully saturated rings. The summed E-state index contributed by atoms with van der Waals surface area (Å²) in [4.78, 5) is 8.90. The van der Waals surface area contributed by atoms with Gasteiger partial charge in [0.15, 0.2) is 0 Å². The van der Waals surface area contributed by atoms with Crippen LogP contribution in [0.3, 0.4) is 0 Å². The van der Waals surface area contributed by atoms with E-state index in [9.17, 15) is 0 Å². The summed E-state index contributed by atoms with van der Waals surface area (Å²) >= 11 is 0. The maximum Gasteiger partial charge on any atom is 0.212 e. The van der Waals surface area contributed by atoms with Crippen LogP contribution in [0.1, 0.15) is 5.56 Å². The summed E-state index contributed by atoms with van der Waals surface area (Å²) in [7, 11) is 0. The monoisotopic (exact) mass is 151 g/mol. The van der Waals surface area contributed by atoms with Crippen LogP contribution in [-0.4, -0.2) is 6.40 Å². The van der Waals surface area contributed by atoms with E-state index in [1.54, 1.807) is 0 Å². The first-order chi connectivity index (χ1) is 5.43. The zero-order valence-electron chi connectivity index (χ0n) is 5.99. The van der Waals surface area contributed by atoms with Gasteiger partial charge in [-0.05, 0) is 5.56 Å². The SMILES string of the molecule is N=COOCc1ccccc1. The Labute approximate surface area is 65.0 Å². The first kappa shape index (κ1) is 7.75. The molecule has 1 N–H and O–H groups in total. The minimum Gasteiger partial charge on any atom is -0.325 e. The predicted molar refractivity (Wildman–Crippen MR) is 41.1 cm³/mol. The van der Waals surface area contributed by atoms with Crippen LogP contribution in [0.4, 0.5) is 0 Å². The molecule has 0 aliphatic carbocycles. The lowest BCUT2D eigenvalue weighted by molar-refractivity contribution is -0.227. The summed E-state index contributed by atoms with van der Waals surface area (Å²) in [6.07, 6.45) is 0.753. The molecule has 0 aromatic heterocycles. The highest BCUT2D eigenvalue weighted by Gasteiger charge is 1.89. The Kier molecular flexibility index (Phi) is 3.15. The normalized spacial score (nSPS) is 9.09. The first-order valence-electron chi connectivity index (χ1n) is 3.24. The summed E-state index contributed by atoms with van der Waals surface area (Å²) in [5, 5.41) is 6.50. The Morgan fingerprint density at radius 1 is 1.27 bits per heavy atom. The van der Waals surface area contributed by atoms with E-state index in [2.05, 4.69) is 9.78 Å². The van der Waals surface area contributed by atoms with Gasteiger partial charge in [-0.2, -0.15) is 4.89 Å². The molecule has 0 bridgehead atoms. The van der Waals surface area contributed by atoms with Crippen molar-refractivity contribution in [3.8, 4) is 0 Å². The van der Waals surface area contributed by atoms with Crippen molar-refractivity contribution < 1.29 is 9.78 Å². The zero-order valence-corrected chi connectivity index (χ0v) is 5.99. The molecule has 0 aliphatic rings. The zero-order chi connectivity index (χ0) is 7.94. The largest absolute Gasteiger partial charge is 0.325 e. The van der Waals surface area contributed by atoms with Gasteiger partial charge in [-0.1, -0.05) is 30.3 Å². The molecule has 0 saturated carbocycles. The molecule has 3 nitrogen and oxygen atoms in total. The second kappa shape index (κ2) is 4.46. The van der Waals surface area contributed by atoms with Crippen molar-refractivity contribution >= 4 is 6.40 Å². The smallest absolute Gasteiger partial charge is 0.212 e. The molecule has 0 unspecified atom stereocenters. The molecule has 0 atom stereocenters. The molecule has 11 heavy (non-hydrogen) atoms. The Bertz CT molecular complexity index is 211. The molecule has 0 heterocycles. The number of hydrogen-bond donors (Lipinski definition) is 1. The van der Waals surface area contributed by atoms with Crippen molar-refractivity contribution in [3.63, 3.8) is 0 Å². The van der Waals surface area contributed by atoms with Gasteiger partial charge in [-0.15, -0.1) is 0 Å². The van der Waals surface area contributed by atoms with Crippen LogP contribution < -0.4 is 0 Å². The van der Waals surface area contributed by atoms with E-state index in [1.165, 1.54) is 0 Å². The predicted octanol–water partition coefficient (Wildman–Crippen LogP) is 1.74. The molecule has 1 aromatic rings. The van der Waals surface area contributed by atoms with E-state index < -0.39 is 0 Å². The maximum absolute atomic E-state index is 6.50. The lowest BCUT2D eigenvalue weighted by Gasteiger charge is -1.98. The van der Waals surface area contributed by atoms with Crippen molar-refractivity contribution in [1.29, 1.82) is 5.41 Å². The van der Waals surface area contributed by atoms with Crippen LogP contribution in [0.15, 0.2) is 30.3 Å². The Morgan fingerprint density at radius 2 is 2.00 bits per heavy atom. The maximum atomic E-state index is 6.50. The highest BCUT2D eigenvalue weighted by atomic mass is 17.2. The molecule has 1 aromatic carbocycles. The van der Waals surface area contributed by atoms with E-state index in [0.29, 0.717) is 6.61 Å². The topological polar surface area (TPSA) is 42.3 Å². The third kappa shape index (κ3) is 2.82. The molecular weight excluding hydrogens is 142 g/mol. The second-order valence-corrected chi connectivity index (χ2v) is 1.96.